The smallest absolute Gasteiger partial charge is 0.508 e. The fourth-order valence-electron chi connectivity index (χ4n) is 1.91. The summed E-state index contributed by atoms with van der Waals surface area (Å²) in [5, 5.41) is 9.51. The van der Waals surface area contributed by atoms with Gasteiger partial charge in [0.2, 0.25) is 0 Å². The highest BCUT2D eigenvalue weighted by Gasteiger charge is 2.53. The summed E-state index contributed by atoms with van der Waals surface area (Å²) >= 11 is 0. The molecule has 0 bridgehead atoms. The Morgan fingerprint density at radius 1 is 1.10 bits per heavy atom. The van der Waals surface area contributed by atoms with Gasteiger partial charge in [0, 0.05) is 5.46 Å². The van der Waals surface area contributed by atoms with E-state index in [9.17, 15) is 18.3 Å². The minimum absolute atomic E-state index is 0.00836. The van der Waals surface area contributed by atoms with Crippen molar-refractivity contribution in [3.05, 3.63) is 18.2 Å². The van der Waals surface area contributed by atoms with Crippen molar-refractivity contribution in [2.75, 3.05) is 0 Å². The third-order valence-corrected chi connectivity index (χ3v) is 3.73. The zero-order valence-electron chi connectivity index (χ0n) is 12.1. The highest BCUT2D eigenvalue weighted by Crippen LogP contribution is 2.37. The lowest BCUT2D eigenvalue weighted by Crippen LogP contribution is -2.41. The molecule has 0 aromatic heterocycles. The fraction of sp³-hybridized carbons (Fsp3) is 0.538. The third kappa shape index (κ3) is 3.27. The molecule has 1 aliphatic heterocycles. The number of benzene rings is 1. The second-order valence-electron chi connectivity index (χ2n) is 5.86. The zero-order chi connectivity index (χ0) is 16.1. The molecule has 0 amide bonds. The van der Waals surface area contributed by atoms with Crippen molar-refractivity contribution in [3.8, 4) is 11.5 Å². The lowest BCUT2D eigenvalue weighted by Gasteiger charge is -2.32. The molecule has 0 atom stereocenters. The van der Waals surface area contributed by atoms with Gasteiger partial charge in [0.25, 0.3) is 0 Å². The summed E-state index contributed by atoms with van der Waals surface area (Å²) in [6.07, 6.45) is -4.84. The molecular weight excluding hydrogens is 288 g/mol. The Balaban J connectivity index is 2.38. The van der Waals surface area contributed by atoms with Crippen LogP contribution in [0.4, 0.5) is 13.2 Å². The molecule has 0 aliphatic carbocycles. The van der Waals surface area contributed by atoms with Crippen LogP contribution >= 0.6 is 0 Å². The van der Waals surface area contributed by atoms with Gasteiger partial charge in [0.1, 0.15) is 11.5 Å². The summed E-state index contributed by atoms with van der Waals surface area (Å²) in [6, 6.07) is 3.28. The molecule has 21 heavy (non-hydrogen) atoms. The number of hydrogen-bond donors (Lipinski definition) is 1. The number of ether oxygens (including phenoxy) is 1. The van der Waals surface area contributed by atoms with Gasteiger partial charge in [-0.1, -0.05) is 0 Å². The molecule has 0 radical (unpaired) electrons. The molecule has 1 fully saturated rings. The van der Waals surface area contributed by atoms with Gasteiger partial charge in [-0.15, -0.1) is 13.2 Å². The van der Waals surface area contributed by atoms with Crippen LogP contribution in [0.2, 0.25) is 0 Å². The first-order valence-corrected chi connectivity index (χ1v) is 6.36. The number of alkyl halides is 3. The molecule has 2 rings (SSSR count). The second kappa shape index (κ2) is 4.81. The molecule has 0 spiro atoms. The number of hydrogen-bond acceptors (Lipinski definition) is 4. The predicted molar refractivity (Wildman–Crippen MR) is 70.5 cm³/mol. The molecule has 1 heterocycles. The van der Waals surface area contributed by atoms with Crippen molar-refractivity contribution in [3.63, 3.8) is 0 Å². The predicted octanol–water partition coefficient (Wildman–Crippen LogP) is 2.59. The maximum atomic E-state index is 12.4. The lowest BCUT2D eigenvalue weighted by molar-refractivity contribution is -0.274. The number of phenolic OH excluding ortho intramolecular Hbond substituents is 1. The number of aromatic hydroxyl groups is 1. The van der Waals surface area contributed by atoms with E-state index >= 15 is 0 Å². The van der Waals surface area contributed by atoms with E-state index in [1.54, 1.807) is 27.7 Å². The molecule has 1 saturated heterocycles. The Morgan fingerprint density at radius 3 is 2.10 bits per heavy atom. The van der Waals surface area contributed by atoms with Crippen molar-refractivity contribution in [1.82, 2.24) is 0 Å². The largest absolute Gasteiger partial charge is 0.573 e. The van der Waals surface area contributed by atoms with Crippen LogP contribution in [-0.2, 0) is 9.31 Å². The van der Waals surface area contributed by atoms with Crippen molar-refractivity contribution in [1.29, 1.82) is 0 Å². The Kier molecular flexibility index (Phi) is 3.66. The maximum absolute atomic E-state index is 12.4. The van der Waals surface area contributed by atoms with Crippen LogP contribution in [0.25, 0.3) is 0 Å². The van der Waals surface area contributed by atoms with E-state index in [0.29, 0.717) is 0 Å². The van der Waals surface area contributed by atoms with E-state index in [1.165, 1.54) is 0 Å². The van der Waals surface area contributed by atoms with Gasteiger partial charge in [0.15, 0.2) is 0 Å². The summed E-state index contributed by atoms with van der Waals surface area (Å²) in [5.41, 5.74) is -1.43. The lowest BCUT2D eigenvalue weighted by atomic mass is 9.78. The average Bonchev–Trinajstić information content (AvgIpc) is 2.49. The minimum atomic E-state index is -4.84. The molecule has 116 valence electrons. The van der Waals surface area contributed by atoms with Crippen LogP contribution in [-0.4, -0.2) is 29.8 Å². The molecule has 1 aliphatic rings. The second-order valence-corrected chi connectivity index (χ2v) is 5.86. The molecular formula is C13H16BF3O4. The first-order chi connectivity index (χ1) is 9.41. The van der Waals surface area contributed by atoms with Crippen molar-refractivity contribution >= 4 is 12.6 Å². The van der Waals surface area contributed by atoms with E-state index in [1.807, 2.05) is 0 Å². The average molecular weight is 304 g/mol. The van der Waals surface area contributed by atoms with Crippen LogP contribution in [0.1, 0.15) is 27.7 Å². The van der Waals surface area contributed by atoms with E-state index in [0.717, 1.165) is 18.2 Å². The quantitative estimate of drug-likeness (QED) is 0.853. The minimum Gasteiger partial charge on any atom is -0.508 e. The molecule has 1 N–H and O–H groups in total. The Morgan fingerprint density at radius 2 is 1.62 bits per heavy atom. The standard InChI is InChI=1S/C13H16BF3O4/c1-11(2)12(3,4)21-14(20-11)9-7-8(18)5-6-10(9)19-13(15,16)17/h5-7,18H,1-4H3. The Hall–Kier alpha value is -1.41. The van der Waals surface area contributed by atoms with Gasteiger partial charge >= 0.3 is 13.5 Å². The van der Waals surface area contributed by atoms with Gasteiger partial charge in [-0.2, -0.15) is 0 Å². The fourth-order valence-corrected chi connectivity index (χ4v) is 1.91. The topological polar surface area (TPSA) is 47.9 Å². The highest BCUT2D eigenvalue weighted by molar-refractivity contribution is 6.63. The van der Waals surface area contributed by atoms with E-state index in [4.69, 9.17) is 9.31 Å². The van der Waals surface area contributed by atoms with Gasteiger partial charge < -0.3 is 19.2 Å². The van der Waals surface area contributed by atoms with Gasteiger partial charge in [0.05, 0.1) is 11.2 Å². The van der Waals surface area contributed by atoms with Crippen LogP contribution in [0.3, 0.4) is 0 Å². The number of rotatable bonds is 2. The van der Waals surface area contributed by atoms with Crippen molar-refractivity contribution in [2.45, 2.75) is 45.3 Å². The van der Waals surface area contributed by atoms with Crippen LogP contribution in [0.5, 0.6) is 11.5 Å². The van der Waals surface area contributed by atoms with Gasteiger partial charge in [-0.05, 0) is 45.9 Å². The van der Waals surface area contributed by atoms with Gasteiger partial charge in [-0.25, -0.2) is 0 Å². The zero-order valence-corrected chi connectivity index (χ0v) is 12.1. The molecule has 0 saturated carbocycles. The number of phenols is 1. The van der Waals surface area contributed by atoms with Crippen LogP contribution < -0.4 is 10.2 Å². The third-order valence-electron chi connectivity index (χ3n) is 3.73. The number of halogens is 3. The summed E-state index contributed by atoms with van der Waals surface area (Å²) in [5.74, 6) is -0.659. The summed E-state index contributed by atoms with van der Waals surface area (Å²) < 4.78 is 52.7. The Bertz CT molecular complexity index is 527. The van der Waals surface area contributed by atoms with E-state index < -0.39 is 30.4 Å². The molecule has 4 nitrogen and oxygen atoms in total. The first-order valence-electron chi connectivity index (χ1n) is 6.36. The Labute approximate surface area is 121 Å². The van der Waals surface area contributed by atoms with Gasteiger partial charge in [-0.3, -0.25) is 0 Å². The normalized spacial score (nSPS) is 20.6. The molecule has 0 unspecified atom stereocenters. The molecule has 8 heteroatoms. The van der Waals surface area contributed by atoms with Crippen molar-refractivity contribution < 1.29 is 32.3 Å². The van der Waals surface area contributed by atoms with Crippen LogP contribution in [0, 0.1) is 0 Å². The summed E-state index contributed by atoms with van der Waals surface area (Å²) in [4.78, 5) is 0. The monoisotopic (exact) mass is 304 g/mol. The molecule has 1 aromatic carbocycles. The van der Waals surface area contributed by atoms with E-state index in [-0.39, 0.29) is 11.2 Å². The van der Waals surface area contributed by atoms with Crippen molar-refractivity contribution in [2.24, 2.45) is 0 Å². The first kappa shape index (κ1) is 16.0. The summed E-state index contributed by atoms with van der Waals surface area (Å²) in [7, 11) is -1.06. The molecule has 1 aromatic rings. The summed E-state index contributed by atoms with van der Waals surface area (Å²) in [6.45, 7) is 7.11. The highest BCUT2D eigenvalue weighted by atomic mass is 19.4. The maximum Gasteiger partial charge on any atom is 0.573 e. The van der Waals surface area contributed by atoms with Crippen LogP contribution in [0.15, 0.2) is 18.2 Å². The SMILES string of the molecule is CC1(C)OB(c2cc(O)ccc2OC(F)(F)F)OC1(C)C. The van der Waals surface area contributed by atoms with E-state index in [2.05, 4.69) is 4.74 Å².